The third kappa shape index (κ3) is 5.92. The molecular formula is C26H26ClN3O3. The van der Waals surface area contributed by atoms with Gasteiger partial charge in [-0.05, 0) is 66.9 Å². The van der Waals surface area contributed by atoms with Crippen LogP contribution < -0.4 is 15.8 Å². The van der Waals surface area contributed by atoms with E-state index < -0.39 is 0 Å². The molecule has 1 aliphatic rings. The van der Waals surface area contributed by atoms with Crippen molar-refractivity contribution in [2.24, 2.45) is 5.73 Å². The second kappa shape index (κ2) is 10.5. The van der Waals surface area contributed by atoms with Gasteiger partial charge in [0, 0.05) is 22.8 Å². The molecule has 3 aromatic rings. The molecule has 6 nitrogen and oxygen atoms in total. The molecule has 0 aromatic heterocycles. The fourth-order valence-electron chi connectivity index (χ4n) is 4.05. The van der Waals surface area contributed by atoms with Crippen LogP contribution in [0.25, 0.3) is 0 Å². The van der Waals surface area contributed by atoms with Crippen molar-refractivity contribution in [1.29, 1.82) is 0 Å². The van der Waals surface area contributed by atoms with Crippen molar-refractivity contribution in [2.45, 2.75) is 32.0 Å². The molecule has 1 heterocycles. The first kappa shape index (κ1) is 22.8. The smallest absolute Gasteiger partial charge is 0.255 e. The Hall–Kier alpha value is -3.35. The van der Waals surface area contributed by atoms with Crippen LogP contribution in [0.1, 0.15) is 34.3 Å². The molecular weight excluding hydrogens is 438 g/mol. The van der Waals surface area contributed by atoms with Crippen molar-refractivity contribution in [3.8, 4) is 5.75 Å². The van der Waals surface area contributed by atoms with Gasteiger partial charge in [0.05, 0.1) is 6.04 Å². The second-order valence-electron chi connectivity index (χ2n) is 8.09. The molecule has 170 valence electrons. The molecule has 0 bridgehead atoms. The first-order valence-corrected chi connectivity index (χ1v) is 11.3. The third-order valence-corrected chi connectivity index (χ3v) is 5.96. The van der Waals surface area contributed by atoms with Gasteiger partial charge in [0.1, 0.15) is 12.4 Å². The van der Waals surface area contributed by atoms with Crippen molar-refractivity contribution >= 4 is 29.1 Å². The van der Waals surface area contributed by atoms with Crippen molar-refractivity contribution in [3.05, 3.63) is 94.5 Å². The van der Waals surface area contributed by atoms with Crippen LogP contribution in [0.2, 0.25) is 5.02 Å². The van der Waals surface area contributed by atoms with Gasteiger partial charge in [-0.25, -0.2) is 0 Å². The van der Waals surface area contributed by atoms with E-state index in [1.165, 1.54) is 0 Å². The number of primary amides is 1. The lowest BCUT2D eigenvalue weighted by atomic mass is 10.1. The van der Waals surface area contributed by atoms with Crippen LogP contribution in [0.3, 0.4) is 0 Å². The van der Waals surface area contributed by atoms with Gasteiger partial charge in [0.15, 0.2) is 0 Å². The van der Waals surface area contributed by atoms with Crippen LogP contribution in [0.15, 0.2) is 72.8 Å². The lowest BCUT2D eigenvalue weighted by Crippen LogP contribution is -2.39. The standard InChI is InChI=1S/C26H26ClN3O3/c27-21-9-3-6-18(14-21)17-33-22-10-4-8-19(15-22)26(32)29-23-11-2-1-7-20(23)16-30-13-5-12-24(30)25(28)31/h1-4,6-11,14-15,24H,5,12-13,16-17H2,(H2,28,31)(H,29,32). The summed E-state index contributed by atoms with van der Waals surface area (Å²) >= 11 is 6.03. The molecule has 33 heavy (non-hydrogen) atoms. The van der Waals surface area contributed by atoms with Gasteiger partial charge in [-0.3, -0.25) is 14.5 Å². The molecule has 1 aliphatic heterocycles. The zero-order chi connectivity index (χ0) is 23.2. The zero-order valence-corrected chi connectivity index (χ0v) is 18.9. The predicted octanol–water partition coefficient (Wildman–Crippen LogP) is 4.62. The average Bonchev–Trinajstić information content (AvgIpc) is 3.28. The lowest BCUT2D eigenvalue weighted by molar-refractivity contribution is -0.122. The maximum absolute atomic E-state index is 13.0. The number of hydrogen-bond donors (Lipinski definition) is 2. The maximum Gasteiger partial charge on any atom is 0.255 e. The molecule has 3 aromatic carbocycles. The number of likely N-dealkylation sites (tertiary alicyclic amines) is 1. The number of anilines is 1. The normalized spacial score (nSPS) is 15.8. The van der Waals surface area contributed by atoms with Crippen molar-refractivity contribution < 1.29 is 14.3 Å². The molecule has 1 fully saturated rings. The van der Waals surface area contributed by atoms with E-state index in [4.69, 9.17) is 22.1 Å². The average molecular weight is 464 g/mol. The van der Waals surface area contributed by atoms with E-state index >= 15 is 0 Å². The van der Waals surface area contributed by atoms with E-state index in [0.717, 1.165) is 30.5 Å². The quantitative estimate of drug-likeness (QED) is 0.510. The summed E-state index contributed by atoms with van der Waals surface area (Å²) in [5, 5.41) is 3.65. The molecule has 0 radical (unpaired) electrons. The highest BCUT2D eigenvalue weighted by Crippen LogP contribution is 2.25. The van der Waals surface area contributed by atoms with Gasteiger partial charge in [-0.2, -0.15) is 0 Å². The number of nitrogens with two attached hydrogens (primary N) is 1. The first-order valence-electron chi connectivity index (χ1n) is 10.9. The van der Waals surface area contributed by atoms with Crippen LogP contribution in [-0.4, -0.2) is 29.3 Å². The van der Waals surface area contributed by atoms with Crippen LogP contribution in [-0.2, 0) is 17.9 Å². The highest BCUT2D eigenvalue weighted by molar-refractivity contribution is 6.30. The molecule has 2 amide bonds. The summed E-state index contributed by atoms with van der Waals surface area (Å²) in [6.45, 7) is 1.71. The summed E-state index contributed by atoms with van der Waals surface area (Å²) in [4.78, 5) is 26.8. The number of nitrogens with one attached hydrogen (secondary N) is 1. The molecule has 7 heteroatoms. The minimum atomic E-state index is -0.302. The number of benzene rings is 3. The zero-order valence-electron chi connectivity index (χ0n) is 18.2. The minimum Gasteiger partial charge on any atom is -0.489 e. The Morgan fingerprint density at radius 2 is 1.88 bits per heavy atom. The Kier molecular flexibility index (Phi) is 7.27. The number of rotatable bonds is 8. The highest BCUT2D eigenvalue weighted by atomic mass is 35.5. The van der Waals surface area contributed by atoms with E-state index in [1.54, 1.807) is 18.2 Å². The van der Waals surface area contributed by atoms with Crippen LogP contribution >= 0.6 is 11.6 Å². The van der Waals surface area contributed by atoms with Crippen molar-refractivity contribution in [3.63, 3.8) is 0 Å². The molecule has 1 atom stereocenters. The molecule has 0 saturated carbocycles. The summed E-state index contributed by atoms with van der Waals surface area (Å²) < 4.78 is 5.85. The van der Waals surface area contributed by atoms with E-state index in [2.05, 4.69) is 10.2 Å². The molecule has 1 unspecified atom stereocenters. The number of carbonyl (C=O) groups is 2. The molecule has 1 saturated heterocycles. The summed E-state index contributed by atoms with van der Waals surface area (Å²) in [5.41, 5.74) is 8.64. The lowest BCUT2D eigenvalue weighted by Gasteiger charge is -2.23. The number of halogens is 1. The monoisotopic (exact) mass is 463 g/mol. The molecule has 3 N–H and O–H groups in total. The van der Waals surface area contributed by atoms with Crippen LogP contribution in [0, 0.1) is 0 Å². The van der Waals surface area contributed by atoms with Gasteiger partial charge < -0.3 is 15.8 Å². The number of carbonyl (C=O) groups excluding carboxylic acids is 2. The highest BCUT2D eigenvalue weighted by Gasteiger charge is 2.29. The van der Waals surface area contributed by atoms with Gasteiger partial charge in [-0.15, -0.1) is 0 Å². The largest absolute Gasteiger partial charge is 0.489 e. The Labute approximate surface area is 198 Å². The molecule has 0 spiro atoms. The Balaban J connectivity index is 1.43. The van der Waals surface area contributed by atoms with Crippen LogP contribution in [0.5, 0.6) is 5.75 Å². The second-order valence-corrected chi connectivity index (χ2v) is 8.53. The van der Waals surface area contributed by atoms with E-state index in [0.29, 0.717) is 35.2 Å². The fourth-order valence-corrected chi connectivity index (χ4v) is 4.26. The van der Waals surface area contributed by atoms with E-state index in [9.17, 15) is 9.59 Å². The van der Waals surface area contributed by atoms with Gasteiger partial charge in [0.2, 0.25) is 5.91 Å². The third-order valence-electron chi connectivity index (χ3n) is 5.72. The first-order chi connectivity index (χ1) is 16.0. The predicted molar refractivity (Wildman–Crippen MR) is 129 cm³/mol. The Morgan fingerprint density at radius 3 is 2.70 bits per heavy atom. The SMILES string of the molecule is NC(=O)C1CCCN1Cc1ccccc1NC(=O)c1cccc(OCc2cccc(Cl)c2)c1. The Bertz CT molecular complexity index is 1150. The molecule has 4 rings (SSSR count). The van der Waals surface area contributed by atoms with Gasteiger partial charge in [0.25, 0.3) is 5.91 Å². The topological polar surface area (TPSA) is 84.7 Å². The summed E-state index contributed by atoms with van der Waals surface area (Å²) in [6.07, 6.45) is 1.70. The van der Waals surface area contributed by atoms with Crippen LogP contribution in [0.4, 0.5) is 5.69 Å². The fraction of sp³-hybridized carbons (Fsp3) is 0.231. The van der Waals surface area contributed by atoms with E-state index in [-0.39, 0.29) is 17.9 Å². The molecule has 0 aliphatic carbocycles. The maximum atomic E-state index is 13.0. The van der Waals surface area contributed by atoms with Gasteiger partial charge in [-0.1, -0.05) is 48.0 Å². The summed E-state index contributed by atoms with van der Waals surface area (Å²) in [7, 11) is 0. The number of para-hydroxylation sites is 1. The van der Waals surface area contributed by atoms with Crippen molar-refractivity contribution in [1.82, 2.24) is 4.90 Å². The number of hydrogen-bond acceptors (Lipinski definition) is 4. The van der Waals surface area contributed by atoms with Gasteiger partial charge >= 0.3 is 0 Å². The van der Waals surface area contributed by atoms with E-state index in [1.807, 2.05) is 54.6 Å². The summed E-state index contributed by atoms with van der Waals surface area (Å²) in [5.74, 6) is 0.0596. The van der Waals surface area contributed by atoms with Crippen molar-refractivity contribution in [2.75, 3.05) is 11.9 Å². The Morgan fingerprint density at radius 1 is 1.06 bits per heavy atom. The minimum absolute atomic E-state index is 0.233. The number of ether oxygens (including phenoxy) is 1. The number of nitrogens with zero attached hydrogens (tertiary/aromatic N) is 1. The summed E-state index contributed by atoms with van der Waals surface area (Å²) in [6, 6.07) is 21.9. The number of amides is 2.